The van der Waals surface area contributed by atoms with E-state index in [1.165, 1.54) is 24.3 Å². The van der Waals surface area contributed by atoms with Gasteiger partial charge in [0.1, 0.15) is 6.61 Å². The van der Waals surface area contributed by atoms with Gasteiger partial charge in [-0.15, -0.1) is 0 Å². The molecule has 0 atom stereocenters. The van der Waals surface area contributed by atoms with Crippen LogP contribution in [0.4, 0.5) is 4.39 Å². The van der Waals surface area contributed by atoms with E-state index in [0.717, 1.165) is 6.08 Å². The van der Waals surface area contributed by atoms with Crippen molar-refractivity contribution in [2.45, 2.75) is 0 Å². The summed E-state index contributed by atoms with van der Waals surface area (Å²) in [4.78, 5) is 10.3. The van der Waals surface area contributed by atoms with Crippen LogP contribution < -0.4 is 4.74 Å². The molecule has 0 unspecified atom stereocenters. The fourth-order valence-electron chi connectivity index (χ4n) is 1.11. The van der Waals surface area contributed by atoms with Crippen molar-refractivity contribution in [2.75, 3.05) is 6.61 Å². The molecule has 84 valence electrons. The van der Waals surface area contributed by atoms with Crippen LogP contribution in [0, 0.1) is 5.82 Å². The fraction of sp³-hybridized carbons (Fsp3) is 0.0833. The first-order chi connectivity index (χ1) is 7.65. The Hall–Kier alpha value is -2.10. The van der Waals surface area contributed by atoms with Crippen LogP contribution in [0.2, 0.25) is 0 Å². The van der Waals surface area contributed by atoms with Crippen LogP contribution in [0.1, 0.15) is 5.56 Å². The van der Waals surface area contributed by atoms with Gasteiger partial charge >= 0.3 is 5.97 Å². The van der Waals surface area contributed by atoms with E-state index in [9.17, 15) is 9.18 Å². The Morgan fingerprint density at radius 2 is 2.31 bits per heavy atom. The van der Waals surface area contributed by atoms with Crippen LogP contribution in [0.15, 0.2) is 36.9 Å². The molecule has 1 aromatic rings. The number of rotatable bonds is 5. The predicted molar refractivity (Wildman–Crippen MR) is 58.8 cm³/mol. The molecule has 0 spiro atoms. The lowest BCUT2D eigenvalue weighted by Gasteiger charge is -2.07. The average molecular weight is 222 g/mol. The molecule has 0 aliphatic rings. The Morgan fingerprint density at radius 3 is 2.94 bits per heavy atom. The average Bonchev–Trinajstić information content (AvgIpc) is 2.25. The highest BCUT2D eigenvalue weighted by Crippen LogP contribution is 2.23. The summed E-state index contributed by atoms with van der Waals surface area (Å²) >= 11 is 0. The number of carbonyl (C=O) groups is 1. The quantitative estimate of drug-likeness (QED) is 0.615. The van der Waals surface area contributed by atoms with E-state index in [1.54, 1.807) is 6.07 Å². The van der Waals surface area contributed by atoms with Gasteiger partial charge in [-0.3, -0.25) is 0 Å². The Kier molecular flexibility index (Phi) is 4.27. The first-order valence-electron chi connectivity index (χ1n) is 4.58. The van der Waals surface area contributed by atoms with Crippen molar-refractivity contribution in [1.29, 1.82) is 0 Å². The minimum absolute atomic E-state index is 0.0277. The number of para-hydroxylation sites is 1. The van der Waals surface area contributed by atoms with Crippen molar-refractivity contribution in [1.82, 2.24) is 0 Å². The summed E-state index contributed by atoms with van der Waals surface area (Å²) < 4.78 is 18.5. The molecule has 1 rings (SSSR count). The van der Waals surface area contributed by atoms with Gasteiger partial charge in [0, 0.05) is 11.6 Å². The van der Waals surface area contributed by atoms with Crippen LogP contribution in [0.5, 0.6) is 5.75 Å². The second-order valence-corrected chi connectivity index (χ2v) is 2.93. The van der Waals surface area contributed by atoms with Crippen LogP contribution in [-0.4, -0.2) is 17.7 Å². The summed E-state index contributed by atoms with van der Waals surface area (Å²) in [5, 5.41) is 8.47. The lowest BCUT2D eigenvalue weighted by molar-refractivity contribution is -0.131. The van der Waals surface area contributed by atoms with Gasteiger partial charge in [-0.2, -0.15) is 0 Å². The predicted octanol–water partition coefficient (Wildman–Crippen LogP) is 2.49. The molecule has 3 nitrogen and oxygen atoms in total. The number of hydrogen-bond donors (Lipinski definition) is 1. The van der Waals surface area contributed by atoms with Crippen LogP contribution in [0.3, 0.4) is 0 Å². The highest BCUT2D eigenvalue weighted by molar-refractivity contribution is 5.85. The fourth-order valence-corrected chi connectivity index (χ4v) is 1.11. The zero-order valence-electron chi connectivity index (χ0n) is 8.52. The molecule has 0 amide bonds. The maximum Gasteiger partial charge on any atom is 0.328 e. The van der Waals surface area contributed by atoms with Crippen molar-refractivity contribution >= 4 is 12.0 Å². The van der Waals surface area contributed by atoms with E-state index in [0.29, 0.717) is 5.56 Å². The number of carboxylic acid groups (broad SMARTS) is 1. The first kappa shape index (κ1) is 12.0. The summed E-state index contributed by atoms with van der Waals surface area (Å²) in [6.07, 6.45) is 3.69. The SMILES string of the molecule is C=CCOc1c(F)cccc1/C=C/C(=O)O. The summed E-state index contributed by atoms with van der Waals surface area (Å²) in [7, 11) is 0. The maximum atomic E-state index is 13.4. The van der Waals surface area contributed by atoms with Crippen LogP contribution >= 0.6 is 0 Å². The molecule has 0 radical (unpaired) electrons. The Balaban J connectivity index is 3.02. The number of carboxylic acids is 1. The number of ether oxygens (including phenoxy) is 1. The standard InChI is InChI=1S/C12H11FO3/c1-2-8-16-12-9(6-7-11(14)15)4-3-5-10(12)13/h2-7H,1,8H2,(H,14,15)/b7-6+. The highest BCUT2D eigenvalue weighted by Gasteiger charge is 2.07. The minimum Gasteiger partial charge on any atom is -0.486 e. The second kappa shape index (κ2) is 5.70. The van der Waals surface area contributed by atoms with E-state index < -0.39 is 11.8 Å². The maximum absolute atomic E-state index is 13.4. The van der Waals surface area contributed by atoms with Gasteiger partial charge < -0.3 is 9.84 Å². The third-order valence-electron chi connectivity index (χ3n) is 1.75. The summed E-state index contributed by atoms with van der Waals surface area (Å²) in [6.45, 7) is 3.61. The Labute approximate surface area is 92.5 Å². The Morgan fingerprint density at radius 1 is 1.56 bits per heavy atom. The molecule has 0 aromatic heterocycles. The van der Waals surface area contributed by atoms with Gasteiger partial charge in [-0.25, -0.2) is 9.18 Å². The van der Waals surface area contributed by atoms with E-state index in [2.05, 4.69) is 6.58 Å². The monoisotopic (exact) mass is 222 g/mol. The topological polar surface area (TPSA) is 46.5 Å². The van der Waals surface area contributed by atoms with Crippen molar-refractivity contribution in [3.8, 4) is 5.75 Å². The van der Waals surface area contributed by atoms with E-state index in [-0.39, 0.29) is 12.4 Å². The van der Waals surface area contributed by atoms with E-state index in [1.807, 2.05) is 0 Å². The van der Waals surface area contributed by atoms with Gasteiger partial charge in [-0.05, 0) is 12.1 Å². The zero-order valence-corrected chi connectivity index (χ0v) is 8.52. The second-order valence-electron chi connectivity index (χ2n) is 2.93. The summed E-state index contributed by atoms with van der Waals surface area (Å²) in [5.41, 5.74) is 0.379. The first-order valence-corrected chi connectivity index (χ1v) is 4.58. The Bertz CT molecular complexity index is 424. The molecule has 0 saturated carbocycles. The minimum atomic E-state index is -1.10. The summed E-state index contributed by atoms with van der Waals surface area (Å²) in [5.74, 6) is -1.60. The third kappa shape index (κ3) is 3.24. The molecular formula is C12H11FO3. The molecule has 0 aliphatic carbocycles. The molecule has 0 aliphatic heterocycles. The molecule has 0 bridgehead atoms. The molecule has 16 heavy (non-hydrogen) atoms. The van der Waals surface area contributed by atoms with E-state index in [4.69, 9.17) is 9.84 Å². The van der Waals surface area contributed by atoms with Crippen molar-refractivity contribution < 1.29 is 19.0 Å². The summed E-state index contributed by atoms with van der Waals surface area (Å²) in [6, 6.07) is 4.30. The molecule has 0 heterocycles. The number of halogens is 1. The molecular weight excluding hydrogens is 211 g/mol. The van der Waals surface area contributed by atoms with Crippen molar-refractivity contribution in [2.24, 2.45) is 0 Å². The lowest BCUT2D eigenvalue weighted by atomic mass is 10.2. The normalized spacial score (nSPS) is 10.3. The number of hydrogen-bond acceptors (Lipinski definition) is 2. The van der Waals surface area contributed by atoms with Crippen LogP contribution in [-0.2, 0) is 4.79 Å². The van der Waals surface area contributed by atoms with Gasteiger partial charge in [0.25, 0.3) is 0 Å². The smallest absolute Gasteiger partial charge is 0.328 e. The van der Waals surface area contributed by atoms with E-state index >= 15 is 0 Å². The molecule has 4 heteroatoms. The molecule has 0 saturated heterocycles. The molecule has 1 N–H and O–H groups in total. The molecule has 0 fully saturated rings. The van der Waals surface area contributed by atoms with Crippen molar-refractivity contribution in [3.05, 3.63) is 48.3 Å². The lowest BCUT2D eigenvalue weighted by Crippen LogP contribution is -1.98. The van der Waals surface area contributed by atoms with Gasteiger partial charge in [0.15, 0.2) is 11.6 Å². The van der Waals surface area contributed by atoms with Crippen LogP contribution in [0.25, 0.3) is 6.08 Å². The van der Waals surface area contributed by atoms with Gasteiger partial charge in [-0.1, -0.05) is 24.8 Å². The van der Waals surface area contributed by atoms with Crippen molar-refractivity contribution in [3.63, 3.8) is 0 Å². The van der Waals surface area contributed by atoms with Gasteiger partial charge in [0.2, 0.25) is 0 Å². The highest BCUT2D eigenvalue weighted by atomic mass is 19.1. The number of benzene rings is 1. The zero-order chi connectivity index (χ0) is 12.0. The third-order valence-corrected chi connectivity index (χ3v) is 1.75. The number of aliphatic carboxylic acids is 1. The molecule has 1 aromatic carbocycles. The van der Waals surface area contributed by atoms with Gasteiger partial charge in [0.05, 0.1) is 0 Å². The largest absolute Gasteiger partial charge is 0.486 e.